The summed E-state index contributed by atoms with van der Waals surface area (Å²) in [5, 5.41) is 0. The quantitative estimate of drug-likeness (QED) is 0.739. The van der Waals surface area contributed by atoms with Crippen LogP contribution in [0.2, 0.25) is 0 Å². The zero-order valence-corrected chi connectivity index (χ0v) is 14.6. The largest absolute Gasteiger partial charge is 0.492 e. The van der Waals surface area contributed by atoms with Crippen LogP contribution >= 0.6 is 0 Å². The first kappa shape index (κ1) is 18.1. The SMILES string of the molecule is CS(=O)(=O)Nc1cccc(NS(=O)(=O)CCOc2ccccc2)c1. The third kappa shape index (κ3) is 6.47. The van der Waals surface area contributed by atoms with Crippen molar-refractivity contribution in [2.24, 2.45) is 0 Å². The van der Waals surface area contributed by atoms with E-state index in [1.54, 1.807) is 30.3 Å². The van der Waals surface area contributed by atoms with E-state index in [4.69, 9.17) is 4.74 Å². The van der Waals surface area contributed by atoms with E-state index in [1.807, 2.05) is 6.07 Å². The topological polar surface area (TPSA) is 102 Å². The van der Waals surface area contributed by atoms with Crippen LogP contribution in [-0.2, 0) is 20.0 Å². The zero-order chi connectivity index (χ0) is 17.6. The summed E-state index contributed by atoms with van der Waals surface area (Å²) < 4.78 is 56.6. The Morgan fingerprint density at radius 2 is 1.50 bits per heavy atom. The molecule has 2 rings (SSSR count). The molecule has 0 saturated carbocycles. The lowest BCUT2D eigenvalue weighted by Crippen LogP contribution is -2.21. The molecule has 0 amide bonds. The second-order valence-corrected chi connectivity index (χ2v) is 8.63. The predicted molar refractivity (Wildman–Crippen MR) is 94.3 cm³/mol. The molecular formula is C15H18N2O5S2. The summed E-state index contributed by atoms with van der Waals surface area (Å²) in [4.78, 5) is 0. The van der Waals surface area contributed by atoms with Crippen LogP contribution in [0.15, 0.2) is 54.6 Å². The van der Waals surface area contributed by atoms with Crippen molar-refractivity contribution in [1.29, 1.82) is 0 Å². The number of benzene rings is 2. The summed E-state index contributed by atoms with van der Waals surface area (Å²) in [6, 6.07) is 14.9. The highest BCUT2D eigenvalue weighted by Crippen LogP contribution is 2.17. The summed E-state index contributed by atoms with van der Waals surface area (Å²) in [6.07, 6.45) is 1.02. The summed E-state index contributed by atoms with van der Waals surface area (Å²) >= 11 is 0. The highest BCUT2D eigenvalue weighted by Gasteiger charge is 2.12. The minimum atomic E-state index is -3.62. The summed E-state index contributed by atoms with van der Waals surface area (Å²) in [7, 11) is -7.05. The molecule has 2 aromatic rings. The average Bonchev–Trinajstić information content (AvgIpc) is 2.46. The standard InChI is InChI=1S/C15H18N2O5S2/c1-23(18,19)16-13-6-5-7-14(12-13)17-24(20,21)11-10-22-15-8-3-2-4-9-15/h2-9,12,16-17H,10-11H2,1H3. The van der Waals surface area contributed by atoms with Crippen molar-refractivity contribution in [2.45, 2.75) is 0 Å². The third-order valence-corrected chi connectivity index (χ3v) is 4.66. The Morgan fingerprint density at radius 3 is 2.12 bits per heavy atom. The molecule has 0 unspecified atom stereocenters. The van der Waals surface area contributed by atoms with Crippen molar-refractivity contribution in [2.75, 3.05) is 28.1 Å². The van der Waals surface area contributed by atoms with E-state index in [0.717, 1.165) is 6.26 Å². The van der Waals surface area contributed by atoms with Gasteiger partial charge in [0.25, 0.3) is 0 Å². The highest BCUT2D eigenvalue weighted by atomic mass is 32.2. The van der Waals surface area contributed by atoms with Gasteiger partial charge < -0.3 is 4.74 Å². The van der Waals surface area contributed by atoms with Gasteiger partial charge in [-0.3, -0.25) is 9.44 Å². The first-order chi connectivity index (χ1) is 11.2. The molecule has 0 fully saturated rings. The van der Waals surface area contributed by atoms with Gasteiger partial charge in [0, 0.05) is 0 Å². The molecule has 0 bridgehead atoms. The first-order valence-corrected chi connectivity index (χ1v) is 10.5. The smallest absolute Gasteiger partial charge is 0.236 e. The molecule has 0 aliphatic heterocycles. The van der Waals surface area contributed by atoms with Crippen molar-refractivity contribution in [3.8, 4) is 5.75 Å². The molecule has 130 valence electrons. The molecule has 0 aliphatic carbocycles. The summed E-state index contributed by atoms with van der Waals surface area (Å²) in [5.74, 6) is 0.359. The Bertz CT molecular complexity index is 881. The van der Waals surface area contributed by atoms with Crippen LogP contribution in [-0.4, -0.2) is 35.5 Å². The molecule has 0 aromatic heterocycles. The Labute approximate surface area is 141 Å². The first-order valence-electron chi connectivity index (χ1n) is 7.00. The summed E-state index contributed by atoms with van der Waals surface area (Å²) in [6.45, 7) is 0.000622. The molecule has 0 aliphatic rings. The van der Waals surface area contributed by atoms with E-state index in [2.05, 4.69) is 9.44 Å². The lowest BCUT2D eigenvalue weighted by atomic mass is 10.3. The van der Waals surface area contributed by atoms with Gasteiger partial charge in [-0.05, 0) is 30.3 Å². The monoisotopic (exact) mass is 370 g/mol. The Morgan fingerprint density at radius 1 is 0.875 bits per heavy atom. The Hall–Kier alpha value is -2.26. The van der Waals surface area contributed by atoms with Gasteiger partial charge in [0.1, 0.15) is 18.1 Å². The number of hydrogen-bond acceptors (Lipinski definition) is 5. The maximum absolute atomic E-state index is 12.1. The highest BCUT2D eigenvalue weighted by molar-refractivity contribution is 7.92. The van der Waals surface area contributed by atoms with Gasteiger partial charge in [0.05, 0.1) is 17.6 Å². The molecule has 0 radical (unpaired) electrons. The predicted octanol–water partition coefficient (Wildman–Crippen LogP) is 1.88. The van der Waals surface area contributed by atoms with Crippen molar-refractivity contribution in [3.05, 3.63) is 54.6 Å². The second kappa shape index (κ2) is 7.54. The van der Waals surface area contributed by atoms with Gasteiger partial charge in [0.15, 0.2) is 0 Å². The maximum atomic E-state index is 12.1. The van der Waals surface area contributed by atoms with Crippen LogP contribution in [0, 0.1) is 0 Å². The number of hydrogen-bond donors (Lipinski definition) is 2. The van der Waals surface area contributed by atoms with Crippen LogP contribution in [0.3, 0.4) is 0 Å². The minimum Gasteiger partial charge on any atom is -0.492 e. The van der Waals surface area contributed by atoms with Gasteiger partial charge in [-0.2, -0.15) is 0 Å². The van der Waals surface area contributed by atoms with E-state index in [0.29, 0.717) is 5.75 Å². The number of para-hydroxylation sites is 1. The van der Waals surface area contributed by atoms with Crippen molar-refractivity contribution < 1.29 is 21.6 Å². The maximum Gasteiger partial charge on any atom is 0.236 e. The van der Waals surface area contributed by atoms with Crippen LogP contribution in [0.25, 0.3) is 0 Å². The van der Waals surface area contributed by atoms with Gasteiger partial charge in [-0.1, -0.05) is 24.3 Å². The number of sulfonamides is 2. The molecule has 7 nitrogen and oxygen atoms in total. The van der Waals surface area contributed by atoms with Gasteiger partial charge in [0.2, 0.25) is 20.0 Å². The molecule has 24 heavy (non-hydrogen) atoms. The van der Waals surface area contributed by atoms with Gasteiger partial charge >= 0.3 is 0 Å². The summed E-state index contributed by atoms with van der Waals surface area (Å²) in [5.41, 5.74) is 0.543. The van der Waals surface area contributed by atoms with Crippen LogP contribution in [0.1, 0.15) is 0 Å². The van der Waals surface area contributed by atoms with Gasteiger partial charge in [-0.15, -0.1) is 0 Å². The Kier molecular flexibility index (Phi) is 5.68. The lowest BCUT2D eigenvalue weighted by molar-refractivity contribution is 0.341. The van der Waals surface area contributed by atoms with Crippen LogP contribution in [0.4, 0.5) is 11.4 Å². The molecular weight excluding hydrogens is 352 g/mol. The second-order valence-electron chi connectivity index (χ2n) is 5.04. The van der Waals surface area contributed by atoms with E-state index >= 15 is 0 Å². The fourth-order valence-corrected chi connectivity index (χ4v) is 3.32. The lowest BCUT2D eigenvalue weighted by Gasteiger charge is -2.11. The average molecular weight is 370 g/mol. The van der Waals surface area contributed by atoms with Crippen molar-refractivity contribution >= 4 is 31.4 Å². The van der Waals surface area contributed by atoms with E-state index in [1.165, 1.54) is 18.2 Å². The third-order valence-electron chi connectivity index (χ3n) is 2.80. The molecule has 0 saturated heterocycles. The van der Waals surface area contributed by atoms with E-state index in [9.17, 15) is 16.8 Å². The fourth-order valence-electron chi connectivity index (χ4n) is 1.88. The molecule has 9 heteroatoms. The molecule has 0 atom stereocenters. The number of anilines is 2. The fraction of sp³-hybridized carbons (Fsp3) is 0.200. The molecule has 0 spiro atoms. The molecule has 0 heterocycles. The normalized spacial score (nSPS) is 11.7. The molecule has 2 N–H and O–H groups in total. The molecule has 2 aromatic carbocycles. The number of ether oxygens (including phenoxy) is 1. The minimum absolute atomic E-state index is 0.000622. The van der Waals surface area contributed by atoms with E-state index in [-0.39, 0.29) is 23.7 Å². The number of nitrogens with one attached hydrogen (secondary N) is 2. The van der Waals surface area contributed by atoms with Crippen molar-refractivity contribution in [3.63, 3.8) is 0 Å². The van der Waals surface area contributed by atoms with Crippen LogP contribution in [0.5, 0.6) is 5.75 Å². The number of rotatable bonds is 8. The van der Waals surface area contributed by atoms with Crippen LogP contribution < -0.4 is 14.2 Å². The Balaban J connectivity index is 1.95. The van der Waals surface area contributed by atoms with E-state index < -0.39 is 20.0 Å². The van der Waals surface area contributed by atoms with Crippen molar-refractivity contribution in [1.82, 2.24) is 0 Å². The zero-order valence-electron chi connectivity index (χ0n) is 13.0. The van der Waals surface area contributed by atoms with Gasteiger partial charge in [-0.25, -0.2) is 16.8 Å².